The molecule has 0 aromatic heterocycles. The van der Waals surface area contributed by atoms with E-state index in [2.05, 4.69) is 5.32 Å². The van der Waals surface area contributed by atoms with Crippen molar-refractivity contribution in [2.45, 2.75) is 38.8 Å². The van der Waals surface area contributed by atoms with Crippen LogP contribution in [0.2, 0.25) is 0 Å². The summed E-state index contributed by atoms with van der Waals surface area (Å²) in [6.07, 6.45) is -0.0410. The minimum Gasteiger partial charge on any atom is -0.444 e. The lowest BCUT2D eigenvalue weighted by Crippen LogP contribution is -2.47. The van der Waals surface area contributed by atoms with Crippen molar-refractivity contribution in [3.05, 3.63) is 0 Å². The first-order chi connectivity index (χ1) is 6.88. The lowest BCUT2D eigenvalue weighted by atomic mass is 10.1. The van der Waals surface area contributed by atoms with Crippen LogP contribution in [0.4, 0.5) is 4.79 Å². The average molecular weight is 215 g/mol. The van der Waals surface area contributed by atoms with Gasteiger partial charge in [0, 0.05) is 6.61 Å². The summed E-state index contributed by atoms with van der Waals surface area (Å²) >= 11 is 0. The largest absolute Gasteiger partial charge is 0.444 e. The van der Waals surface area contributed by atoms with E-state index in [9.17, 15) is 9.59 Å². The van der Waals surface area contributed by atoms with Crippen LogP contribution in [0.15, 0.2) is 0 Å². The number of alkyl carbamates (subject to hydrolysis) is 1. The molecule has 1 atom stereocenters. The van der Waals surface area contributed by atoms with Gasteiger partial charge in [-0.25, -0.2) is 4.79 Å². The van der Waals surface area contributed by atoms with Gasteiger partial charge in [-0.05, 0) is 27.2 Å². The van der Waals surface area contributed by atoms with Gasteiger partial charge in [0.15, 0.2) is 5.78 Å². The molecule has 0 radical (unpaired) electrons. The first-order valence-electron chi connectivity index (χ1n) is 4.98. The molecule has 86 valence electrons. The Balaban J connectivity index is 2.40. The molecule has 1 fully saturated rings. The number of hydrogen-bond acceptors (Lipinski definition) is 4. The van der Waals surface area contributed by atoms with Gasteiger partial charge in [-0.3, -0.25) is 4.79 Å². The number of ether oxygens (including phenoxy) is 2. The van der Waals surface area contributed by atoms with Gasteiger partial charge in [-0.15, -0.1) is 0 Å². The van der Waals surface area contributed by atoms with Crippen molar-refractivity contribution >= 4 is 11.9 Å². The molecule has 1 unspecified atom stereocenters. The zero-order valence-electron chi connectivity index (χ0n) is 9.33. The predicted octanol–water partition coefficient (Wildman–Crippen LogP) is 0.869. The van der Waals surface area contributed by atoms with E-state index < -0.39 is 17.7 Å². The van der Waals surface area contributed by atoms with Crippen LogP contribution < -0.4 is 5.32 Å². The Morgan fingerprint density at radius 1 is 1.53 bits per heavy atom. The van der Waals surface area contributed by atoms with E-state index in [1.54, 1.807) is 20.8 Å². The second-order valence-electron chi connectivity index (χ2n) is 4.51. The fraction of sp³-hybridized carbons (Fsp3) is 0.800. The van der Waals surface area contributed by atoms with Gasteiger partial charge in [0.1, 0.15) is 12.2 Å². The van der Waals surface area contributed by atoms with E-state index >= 15 is 0 Å². The van der Waals surface area contributed by atoms with E-state index in [1.165, 1.54) is 0 Å². The molecule has 1 amide bonds. The van der Waals surface area contributed by atoms with Gasteiger partial charge < -0.3 is 14.8 Å². The number of hydrogen-bond donors (Lipinski definition) is 1. The number of carbonyl (C=O) groups is 2. The third-order valence-electron chi connectivity index (χ3n) is 1.87. The van der Waals surface area contributed by atoms with E-state index in [-0.39, 0.29) is 12.4 Å². The highest BCUT2D eigenvalue weighted by Gasteiger charge is 2.26. The fourth-order valence-corrected chi connectivity index (χ4v) is 1.24. The standard InChI is InChI=1S/C10H17NO4/c1-10(2,3)15-9(13)11-7-4-5-14-6-8(7)12/h7H,4-6H2,1-3H3,(H,11,13). The highest BCUT2D eigenvalue weighted by atomic mass is 16.6. The molecule has 1 saturated heterocycles. The van der Waals surface area contributed by atoms with Gasteiger partial charge in [0.2, 0.25) is 0 Å². The number of rotatable bonds is 1. The van der Waals surface area contributed by atoms with E-state index in [1.807, 2.05) is 0 Å². The summed E-state index contributed by atoms with van der Waals surface area (Å²) in [5, 5.41) is 2.53. The highest BCUT2D eigenvalue weighted by Crippen LogP contribution is 2.08. The summed E-state index contributed by atoms with van der Waals surface area (Å²) in [6, 6.07) is -0.464. The van der Waals surface area contributed by atoms with Gasteiger partial charge in [0.05, 0.1) is 6.04 Å². The van der Waals surface area contributed by atoms with Gasteiger partial charge in [-0.1, -0.05) is 0 Å². The van der Waals surface area contributed by atoms with Crippen LogP contribution in [-0.2, 0) is 14.3 Å². The molecule has 1 heterocycles. The summed E-state index contributed by atoms with van der Waals surface area (Å²) in [6.45, 7) is 5.89. The van der Waals surface area contributed by atoms with Crippen molar-refractivity contribution in [3.8, 4) is 0 Å². The van der Waals surface area contributed by atoms with Crippen LogP contribution in [-0.4, -0.2) is 36.7 Å². The van der Waals surface area contributed by atoms with Crippen molar-refractivity contribution in [3.63, 3.8) is 0 Å². The van der Waals surface area contributed by atoms with E-state index in [0.29, 0.717) is 13.0 Å². The molecule has 5 nitrogen and oxygen atoms in total. The Bertz CT molecular complexity index is 257. The molecule has 0 spiro atoms. The van der Waals surface area contributed by atoms with Crippen molar-refractivity contribution < 1.29 is 19.1 Å². The monoisotopic (exact) mass is 215 g/mol. The topological polar surface area (TPSA) is 64.6 Å². The number of nitrogens with one attached hydrogen (secondary N) is 1. The first-order valence-corrected chi connectivity index (χ1v) is 4.98. The van der Waals surface area contributed by atoms with E-state index in [4.69, 9.17) is 9.47 Å². The molecule has 0 bridgehead atoms. The Labute approximate surface area is 89.1 Å². The van der Waals surface area contributed by atoms with Crippen molar-refractivity contribution in [2.75, 3.05) is 13.2 Å². The summed E-state index contributed by atoms with van der Waals surface area (Å²) in [5.41, 5.74) is -0.543. The maximum Gasteiger partial charge on any atom is 0.408 e. The molecule has 1 rings (SSSR count). The maximum atomic E-state index is 11.3. The van der Waals surface area contributed by atoms with E-state index in [0.717, 1.165) is 0 Å². The van der Waals surface area contributed by atoms with Crippen LogP contribution in [0, 0.1) is 0 Å². The van der Waals surface area contributed by atoms with Crippen LogP contribution >= 0.6 is 0 Å². The van der Waals surface area contributed by atoms with Crippen LogP contribution in [0.5, 0.6) is 0 Å². The highest BCUT2D eigenvalue weighted by molar-refractivity contribution is 5.88. The number of amides is 1. The number of Topliss-reactive ketones (excluding diaryl/α,β-unsaturated/α-hetero) is 1. The fourth-order valence-electron chi connectivity index (χ4n) is 1.24. The van der Waals surface area contributed by atoms with Crippen LogP contribution in [0.25, 0.3) is 0 Å². The minimum absolute atomic E-state index is 0.0699. The zero-order chi connectivity index (χ0) is 11.5. The van der Waals surface area contributed by atoms with Crippen molar-refractivity contribution in [2.24, 2.45) is 0 Å². The Morgan fingerprint density at radius 3 is 2.73 bits per heavy atom. The SMILES string of the molecule is CC(C)(C)OC(=O)NC1CCOCC1=O. The van der Waals surface area contributed by atoms with Crippen molar-refractivity contribution in [1.82, 2.24) is 5.32 Å². The Hall–Kier alpha value is -1.10. The molecular formula is C10H17NO4. The molecule has 0 aromatic carbocycles. The number of ketones is 1. The maximum absolute atomic E-state index is 11.3. The molecule has 1 aliphatic rings. The summed E-state index contributed by atoms with van der Waals surface area (Å²) in [4.78, 5) is 22.6. The second kappa shape index (κ2) is 4.61. The first kappa shape index (κ1) is 12.0. The third kappa shape index (κ3) is 4.29. The molecule has 5 heteroatoms. The predicted molar refractivity (Wildman–Crippen MR) is 53.6 cm³/mol. The lowest BCUT2D eigenvalue weighted by Gasteiger charge is -2.25. The third-order valence-corrected chi connectivity index (χ3v) is 1.87. The normalized spacial score (nSPS) is 22.3. The Kier molecular flexibility index (Phi) is 3.68. The molecule has 1 aliphatic heterocycles. The Morgan fingerprint density at radius 2 is 2.20 bits per heavy atom. The van der Waals surface area contributed by atoms with Crippen molar-refractivity contribution in [1.29, 1.82) is 0 Å². The molecule has 0 aromatic rings. The summed E-state index contributed by atoms with van der Waals surface area (Å²) in [5.74, 6) is -0.105. The lowest BCUT2D eigenvalue weighted by molar-refractivity contribution is -0.129. The summed E-state index contributed by atoms with van der Waals surface area (Å²) in [7, 11) is 0. The molecule has 0 aliphatic carbocycles. The molecule has 15 heavy (non-hydrogen) atoms. The minimum atomic E-state index is -0.553. The van der Waals surface area contributed by atoms with Gasteiger partial charge in [-0.2, -0.15) is 0 Å². The van der Waals surface area contributed by atoms with Crippen LogP contribution in [0.1, 0.15) is 27.2 Å². The molecule has 1 N–H and O–H groups in total. The molecular weight excluding hydrogens is 198 g/mol. The quantitative estimate of drug-likeness (QED) is 0.705. The smallest absolute Gasteiger partial charge is 0.408 e. The van der Waals surface area contributed by atoms with Gasteiger partial charge >= 0.3 is 6.09 Å². The average Bonchev–Trinajstić information content (AvgIpc) is 2.05. The number of carbonyl (C=O) groups excluding carboxylic acids is 2. The van der Waals surface area contributed by atoms with Crippen LogP contribution in [0.3, 0.4) is 0 Å². The summed E-state index contributed by atoms with van der Waals surface area (Å²) < 4.78 is 10.00. The van der Waals surface area contributed by atoms with Gasteiger partial charge in [0.25, 0.3) is 0 Å². The zero-order valence-corrected chi connectivity index (χ0v) is 9.33. The second-order valence-corrected chi connectivity index (χ2v) is 4.51. The molecule has 0 saturated carbocycles.